The number of amides is 1. The highest BCUT2D eigenvalue weighted by atomic mass is 32.2. The first-order valence-electron chi connectivity index (χ1n) is 11.3. The fourth-order valence-electron chi connectivity index (χ4n) is 3.98. The predicted molar refractivity (Wildman–Crippen MR) is 126 cm³/mol. The molecule has 1 heterocycles. The van der Waals surface area contributed by atoms with E-state index in [-0.39, 0.29) is 22.1 Å². The first-order valence-corrected chi connectivity index (χ1v) is 12.3. The van der Waals surface area contributed by atoms with Crippen LogP contribution in [0.1, 0.15) is 109 Å². The number of hydrogen-bond acceptors (Lipinski definition) is 3. The fraction of sp³-hybridized carbons (Fsp3) is 0.720. The zero-order chi connectivity index (χ0) is 21.8. The van der Waals surface area contributed by atoms with Crippen LogP contribution in [-0.2, 0) is 15.6 Å². The highest BCUT2D eigenvalue weighted by Gasteiger charge is 2.35. The number of phenols is 1. The quantitative estimate of drug-likeness (QED) is 0.465. The first-order chi connectivity index (χ1) is 13.5. The van der Waals surface area contributed by atoms with Gasteiger partial charge in [0.05, 0.1) is 5.75 Å². The Morgan fingerprint density at radius 3 is 2.00 bits per heavy atom. The summed E-state index contributed by atoms with van der Waals surface area (Å²) >= 11 is 1.72. The van der Waals surface area contributed by atoms with Crippen molar-refractivity contribution >= 4 is 17.7 Å². The van der Waals surface area contributed by atoms with Crippen molar-refractivity contribution in [2.45, 2.75) is 103 Å². The summed E-state index contributed by atoms with van der Waals surface area (Å²) in [7, 11) is 0. The van der Waals surface area contributed by atoms with Gasteiger partial charge in [-0.3, -0.25) is 4.79 Å². The Hall–Kier alpha value is -1.16. The molecule has 0 aliphatic carbocycles. The van der Waals surface area contributed by atoms with Crippen LogP contribution in [-0.4, -0.2) is 28.2 Å². The smallest absolute Gasteiger partial charge is 0.233 e. The molecular formula is C25H41NO2S. The molecule has 0 bridgehead atoms. The van der Waals surface area contributed by atoms with E-state index in [9.17, 15) is 9.90 Å². The molecular weight excluding hydrogens is 378 g/mol. The molecule has 2 rings (SSSR count). The zero-order valence-electron chi connectivity index (χ0n) is 19.6. The number of nitrogens with zero attached hydrogens (tertiary/aromatic N) is 1. The zero-order valence-corrected chi connectivity index (χ0v) is 20.4. The van der Waals surface area contributed by atoms with Crippen LogP contribution in [0.25, 0.3) is 0 Å². The lowest BCUT2D eigenvalue weighted by atomic mass is 9.78. The number of aromatic hydroxyl groups is 1. The molecule has 1 aliphatic heterocycles. The highest BCUT2D eigenvalue weighted by Crippen LogP contribution is 2.45. The second kappa shape index (κ2) is 9.76. The van der Waals surface area contributed by atoms with Crippen molar-refractivity contribution in [1.82, 2.24) is 4.90 Å². The van der Waals surface area contributed by atoms with Gasteiger partial charge < -0.3 is 10.0 Å². The number of unbranched alkanes of at least 4 members (excludes halogenated alkanes) is 5. The summed E-state index contributed by atoms with van der Waals surface area (Å²) in [5.74, 6) is 1.21. The van der Waals surface area contributed by atoms with Gasteiger partial charge in [0.25, 0.3) is 0 Å². The molecule has 0 spiro atoms. The average Bonchev–Trinajstić information content (AvgIpc) is 2.97. The second-order valence-corrected chi connectivity index (χ2v) is 11.6. The summed E-state index contributed by atoms with van der Waals surface area (Å²) in [6, 6.07) is 4.27. The predicted octanol–water partition coefficient (Wildman–Crippen LogP) is 6.92. The number of phenolic OH excluding ortho intramolecular Hbond substituents is 1. The molecule has 4 heteroatoms. The minimum absolute atomic E-state index is 0.0564. The minimum atomic E-state index is -0.155. The highest BCUT2D eigenvalue weighted by molar-refractivity contribution is 8.00. The van der Waals surface area contributed by atoms with Gasteiger partial charge in [-0.15, -0.1) is 11.8 Å². The van der Waals surface area contributed by atoms with Crippen molar-refractivity contribution in [3.05, 3.63) is 28.8 Å². The number of thioether (sulfide) groups is 1. The standard InChI is InChI=1S/C25H41NO2S/c1-8-9-10-11-12-13-14-26-21(27)17-29-23(26)18-15-19(24(2,3)4)22(28)20(16-18)25(5,6)7/h15-16,23,28H,8-14,17H2,1-7H3. The van der Waals surface area contributed by atoms with Crippen LogP contribution in [0.4, 0.5) is 0 Å². The lowest BCUT2D eigenvalue weighted by molar-refractivity contribution is -0.128. The number of carbonyl (C=O) groups is 1. The Kier molecular flexibility index (Phi) is 8.12. The summed E-state index contributed by atoms with van der Waals surface area (Å²) in [5.41, 5.74) is 2.79. The van der Waals surface area contributed by atoms with Gasteiger partial charge in [0.1, 0.15) is 11.1 Å². The molecule has 1 atom stereocenters. The molecule has 1 aromatic carbocycles. The third kappa shape index (κ3) is 6.16. The van der Waals surface area contributed by atoms with E-state index in [1.54, 1.807) is 11.8 Å². The Labute approximate surface area is 182 Å². The largest absolute Gasteiger partial charge is 0.507 e. The summed E-state index contributed by atoms with van der Waals surface area (Å²) in [6.07, 6.45) is 7.38. The number of hydrogen-bond donors (Lipinski definition) is 1. The topological polar surface area (TPSA) is 40.5 Å². The van der Waals surface area contributed by atoms with Crippen LogP contribution in [0.3, 0.4) is 0 Å². The Morgan fingerprint density at radius 1 is 0.966 bits per heavy atom. The van der Waals surface area contributed by atoms with E-state index in [1.807, 2.05) is 0 Å². The molecule has 1 saturated heterocycles. The Balaban J connectivity index is 2.27. The maximum Gasteiger partial charge on any atom is 0.233 e. The van der Waals surface area contributed by atoms with Gasteiger partial charge in [0.15, 0.2) is 0 Å². The van der Waals surface area contributed by atoms with E-state index in [0.29, 0.717) is 11.5 Å². The van der Waals surface area contributed by atoms with Gasteiger partial charge in [-0.05, 0) is 46.1 Å². The van der Waals surface area contributed by atoms with Crippen LogP contribution in [0, 0.1) is 0 Å². The van der Waals surface area contributed by atoms with Crippen LogP contribution in [0.2, 0.25) is 0 Å². The van der Waals surface area contributed by atoms with E-state index in [0.717, 1.165) is 29.7 Å². The Morgan fingerprint density at radius 2 is 1.48 bits per heavy atom. The van der Waals surface area contributed by atoms with E-state index in [1.165, 1.54) is 32.1 Å². The van der Waals surface area contributed by atoms with Crippen molar-refractivity contribution in [2.24, 2.45) is 0 Å². The first kappa shape index (κ1) is 24.1. The molecule has 1 amide bonds. The molecule has 0 saturated carbocycles. The van der Waals surface area contributed by atoms with Gasteiger partial charge in [0, 0.05) is 6.54 Å². The normalized spacial score (nSPS) is 18.0. The molecule has 164 valence electrons. The molecule has 29 heavy (non-hydrogen) atoms. The fourth-order valence-corrected chi connectivity index (χ4v) is 5.18. The third-order valence-corrected chi connectivity index (χ3v) is 7.01. The SMILES string of the molecule is CCCCCCCCN1C(=O)CSC1c1cc(C(C)(C)C)c(O)c(C(C)(C)C)c1. The van der Waals surface area contributed by atoms with Gasteiger partial charge in [-0.2, -0.15) is 0 Å². The average molecular weight is 420 g/mol. The van der Waals surface area contributed by atoms with Crippen LogP contribution < -0.4 is 0 Å². The van der Waals surface area contributed by atoms with Gasteiger partial charge in [-0.1, -0.05) is 80.6 Å². The summed E-state index contributed by atoms with van der Waals surface area (Å²) in [5, 5.41) is 11.1. The van der Waals surface area contributed by atoms with E-state index >= 15 is 0 Å². The molecule has 1 unspecified atom stereocenters. The summed E-state index contributed by atoms with van der Waals surface area (Å²) < 4.78 is 0. The van der Waals surface area contributed by atoms with Crippen LogP contribution in [0.5, 0.6) is 5.75 Å². The molecule has 1 aromatic rings. The molecule has 1 fully saturated rings. The summed E-state index contributed by atoms with van der Waals surface area (Å²) in [4.78, 5) is 14.7. The van der Waals surface area contributed by atoms with Crippen LogP contribution >= 0.6 is 11.8 Å². The number of benzene rings is 1. The molecule has 1 aliphatic rings. The van der Waals surface area contributed by atoms with Crippen molar-refractivity contribution in [3.8, 4) is 5.75 Å². The minimum Gasteiger partial charge on any atom is -0.507 e. The van der Waals surface area contributed by atoms with E-state index in [2.05, 4.69) is 65.5 Å². The van der Waals surface area contributed by atoms with E-state index in [4.69, 9.17) is 0 Å². The van der Waals surface area contributed by atoms with Crippen molar-refractivity contribution in [3.63, 3.8) is 0 Å². The maximum atomic E-state index is 12.6. The second-order valence-electron chi connectivity index (χ2n) is 10.5. The monoisotopic (exact) mass is 419 g/mol. The maximum absolute atomic E-state index is 12.6. The van der Waals surface area contributed by atoms with E-state index < -0.39 is 0 Å². The lowest BCUT2D eigenvalue weighted by Crippen LogP contribution is -2.30. The van der Waals surface area contributed by atoms with Crippen molar-refractivity contribution < 1.29 is 9.90 Å². The van der Waals surface area contributed by atoms with Gasteiger partial charge in [0.2, 0.25) is 5.91 Å². The van der Waals surface area contributed by atoms with Gasteiger partial charge in [-0.25, -0.2) is 0 Å². The Bertz CT molecular complexity index is 665. The van der Waals surface area contributed by atoms with Crippen molar-refractivity contribution in [2.75, 3.05) is 12.3 Å². The summed E-state index contributed by atoms with van der Waals surface area (Å²) in [6.45, 7) is 15.9. The lowest BCUT2D eigenvalue weighted by Gasteiger charge is -2.31. The van der Waals surface area contributed by atoms with Crippen LogP contribution in [0.15, 0.2) is 12.1 Å². The molecule has 0 radical (unpaired) electrons. The molecule has 0 aromatic heterocycles. The van der Waals surface area contributed by atoms with Crippen molar-refractivity contribution in [1.29, 1.82) is 0 Å². The number of carbonyl (C=O) groups excluding carboxylic acids is 1. The van der Waals surface area contributed by atoms with Gasteiger partial charge >= 0.3 is 0 Å². The molecule has 3 nitrogen and oxygen atoms in total. The molecule has 1 N–H and O–H groups in total. The third-order valence-electron chi connectivity index (χ3n) is 5.75. The number of rotatable bonds is 8.